The molecule has 0 aliphatic carbocycles. The minimum absolute atomic E-state index is 0.448. The molecule has 17 heavy (non-hydrogen) atoms. The van der Waals surface area contributed by atoms with Crippen LogP contribution in [0.4, 0.5) is 0 Å². The molecule has 0 fully saturated rings. The van der Waals surface area contributed by atoms with E-state index in [0.29, 0.717) is 6.42 Å². The first-order valence-corrected chi connectivity index (χ1v) is 5.55. The Bertz CT molecular complexity index is 552. The summed E-state index contributed by atoms with van der Waals surface area (Å²) in [6.45, 7) is 3.63. The zero-order valence-electron chi connectivity index (χ0n) is 9.47. The standard InChI is InChI=1S/C15H14O2/c1-2-6-14(15(16)17)13-10-5-8-11-7-3-4-9-12(11)13/h2-5,7-10,14H,1,6H2,(H,16,17). The second-order valence-corrected chi connectivity index (χ2v) is 3.98. The van der Waals surface area contributed by atoms with E-state index >= 15 is 0 Å². The van der Waals surface area contributed by atoms with E-state index in [1.165, 1.54) is 0 Å². The fourth-order valence-electron chi connectivity index (χ4n) is 2.08. The molecule has 2 heteroatoms. The molecule has 2 aromatic carbocycles. The first-order chi connectivity index (χ1) is 8.24. The molecule has 2 nitrogen and oxygen atoms in total. The van der Waals surface area contributed by atoms with Gasteiger partial charge in [0.05, 0.1) is 5.92 Å². The molecule has 0 aromatic heterocycles. The van der Waals surface area contributed by atoms with E-state index in [1.807, 2.05) is 42.5 Å². The maximum absolute atomic E-state index is 11.3. The summed E-state index contributed by atoms with van der Waals surface area (Å²) in [6, 6.07) is 13.6. The zero-order chi connectivity index (χ0) is 12.3. The minimum Gasteiger partial charge on any atom is -0.481 e. The van der Waals surface area contributed by atoms with Gasteiger partial charge in [-0.3, -0.25) is 4.79 Å². The first-order valence-electron chi connectivity index (χ1n) is 5.55. The van der Waals surface area contributed by atoms with Crippen LogP contribution in [0.3, 0.4) is 0 Å². The summed E-state index contributed by atoms with van der Waals surface area (Å²) in [5, 5.41) is 11.3. The predicted octanol–water partition coefficient (Wildman–Crippen LogP) is 3.58. The lowest BCUT2D eigenvalue weighted by atomic mass is 9.91. The van der Waals surface area contributed by atoms with Crippen LogP contribution in [-0.4, -0.2) is 11.1 Å². The highest BCUT2D eigenvalue weighted by molar-refractivity contribution is 5.90. The Labute approximate surface area is 100 Å². The molecule has 0 saturated carbocycles. The smallest absolute Gasteiger partial charge is 0.311 e. The molecular formula is C15H14O2. The normalized spacial score (nSPS) is 12.2. The van der Waals surface area contributed by atoms with Gasteiger partial charge in [0.1, 0.15) is 0 Å². The zero-order valence-corrected chi connectivity index (χ0v) is 9.47. The highest BCUT2D eigenvalue weighted by atomic mass is 16.4. The summed E-state index contributed by atoms with van der Waals surface area (Å²) in [7, 11) is 0. The molecule has 0 aliphatic heterocycles. The quantitative estimate of drug-likeness (QED) is 0.809. The first kappa shape index (κ1) is 11.4. The van der Waals surface area contributed by atoms with Crippen molar-refractivity contribution < 1.29 is 9.90 Å². The molecule has 0 amide bonds. The molecule has 2 aromatic rings. The largest absolute Gasteiger partial charge is 0.481 e. The summed E-state index contributed by atoms with van der Waals surface area (Å²) in [6.07, 6.45) is 2.10. The molecular weight excluding hydrogens is 212 g/mol. The highest BCUT2D eigenvalue weighted by Crippen LogP contribution is 2.28. The van der Waals surface area contributed by atoms with Crippen LogP contribution in [0.2, 0.25) is 0 Å². The lowest BCUT2D eigenvalue weighted by Gasteiger charge is -2.13. The van der Waals surface area contributed by atoms with Crippen molar-refractivity contribution in [3.05, 3.63) is 60.7 Å². The van der Waals surface area contributed by atoms with Gasteiger partial charge in [-0.2, -0.15) is 0 Å². The van der Waals surface area contributed by atoms with Crippen molar-refractivity contribution in [3.8, 4) is 0 Å². The fraction of sp³-hybridized carbons (Fsp3) is 0.133. The van der Waals surface area contributed by atoms with Crippen molar-refractivity contribution in [2.24, 2.45) is 0 Å². The van der Waals surface area contributed by atoms with Crippen LogP contribution in [0.1, 0.15) is 17.9 Å². The average molecular weight is 226 g/mol. The van der Waals surface area contributed by atoms with Crippen molar-refractivity contribution >= 4 is 16.7 Å². The van der Waals surface area contributed by atoms with Gasteiger partial charge in [-0.25, -0.2) is 0 Å². The van der Waals surface area contributed by atoms with Crippen molar-refractivity contribution in [2.75, 3.05) is 0 Å². The van der Waals surface area contributed by atoms with E-state index in [0.717, 1.165) is 16.3 Å². The maximum Gasteiger partial charge on any atom is 0.311 e. The Kier molecular flexibility index (Phi) is 3.24. The van der Waals surface area contributed by atoms with Crippen molar-refractivity contribution in [1.29, 1.82) is 0 Å². The molecule has 0 spiro atoms. The van der Waals surface area contributed by atoms with Gasteiger partial charge in [0, 0.05) is 0 Å². The lowest BCUT2D eigenvalue weighted by molar-refractivity contribution is -0.138. The van der Waals surface area contributed by atoms with E-state index < -0.39 is 11.9 Å². The Hall–Kier alpha value is -2.09. The van der Waals surface area contributed by atoms with Crippen LogP contribution in [0, 0.1) is 0 Å². The molecule has 0 aliphatic rings. The molecule has 1 N–H and O–H groups in total. The van der Waals surface area contributed by atoms with Crippen LogP contribution in [0.15, 0.2) is 55.1 Å². The van der Waals surface area contributed by atoms with E-state index in [2.05, 4.69) is 6.58 Å². The third-order valence-electron chi connectivity index (χ3n) is 2.90. The summed E-state index contributed by atoms with van der Waals surface area (Å²) in [4.78, 5) is 11.3. The number of carbonyl (C=O) groups is 1. The van der Waals surface area contributed by atoms with E-state index in [-0.39, 0.29) is 0 Å². The number of benzene rings is 2. The number of carboxylic acid groups (broad SMARTS) is 1. The second kappa shape index (κ2) is 4.83. The molecule has 86 valence electrons. The number of hydrogen-bond acceptors (Lipinski definition) is 1. The Morgan fingerprint density at radius 3 is 2.65 bits per heavy atom. The van der Waals surface area contributed by atoms with Crippen LogP contribution < -0.4 is 0 Å². The Balaban J connectivity index is 2.60. The van der Waals surface area contributed by atoms with Gasteiger partial charge in [-0.15, -0.1) is 6.58 Å². The van der Waals surface area contributed by atoms with Crippen molar-refractivity contribution in [1.82, 2.24) is 0 Å². The van der Waals surface area contributed by atoms with Gasteiger partial charge in [0.2, 0.25) is 0 Å². The van der Waals surface area contributed by atoms with Gasteiger partial charge in [-0.05, 0) is 22.8 Å². The van der Waals surface area contributed by atoms with Gasteiger partial charge < -0.3 is 5.11 Å². The monoisotopic (exact) mass is 226 g/mol. The molecule has 2 rings (SSSR count). The molecule has 1 atom stereocenters. The highest BCUT2D eigenvalue weighted by Gasteiger charge is 2.19. The topological polar surface area (TPSA) is 37.3 Å². The summed E-state index contributed by atoms with van der Waals surface area (Å²) >= 11 is 0. The van der Waals surface area contributed by atoms with E-state index in [4.69, 9.17) is 0 Å². The van der Waals surface area contributed by atoms with Crippen LogP contribution in [0.5, 0.6) is 0 Å². The number of hydrogen-bond donors (Lipinski definition) is 1. The third-order valence-corrected chi connectivity index (χ3v) is 2.90. The van der Waals surface area contributed by atoms with Crippen molar-refractivity contribution in [2.45, 2.75) is 12.3 Å². The number of fused-ring (bicyclic) bond motifs is 1. The average Bonchev–Trinajstić information content (AvgIpc) is 2.35. The third kappa shape index (κ3) is 2.21. The number of rotatable bonds is 4. The van der Waals surface area contributed by atoms with Crippen LogP contribution in [-0.2, 0) is 4.79 Å². The van der Waals surface area contributed by atoms with Gasteiger partial charge in [0.25, 0.3) is 0 Å². The number of carboxylic acids is 1. The fourth-order valence-corrected chi connectivity index (χ4v) is 2.08. The Morgan fingerprint density at radius 2 is 1.94 bits per heavy atom. The number of aliphatic carboxylic acids is 1. The summed E-state index contributed by atoms with van der Waals surface area (Å²) in [5.74, 6) is -1.32. The van der Waals surface area contributed by atoms with Crippen LogP contribution >= 0.6 is 0 Å². The summed E-state index contributed by atoms with van der Waals surface area (Å²) in [5.41, 5.74) is 0.857. The van der Waals surface area contributed by atoms with Gasteiger partial charge >= 0.3 is 5.97 Å². The minimum atomic E-state index is -0.804. The molecule has 0 bridgehead atoms. The van der Waals surface area contributed by atoms with Crippen molar-refractivity contribution in [3.63, 3.8) is 0 Å². The van der Waals surface area contributed by atoms with Crippen LogP contribution in [0.25, 0.3) is 10.8 Å². The SMILES string of the molecule is C=CCC(C(=O)O)c1cccc2ccccc12. The van der Waals surface area contributed by atoms with Gasteiger partial charge in [0.15, 0.2) is 0 Å². The van der Waals surface area contributed by atoms with E-state index in [1.54, 1.807) is 6.08 Å². The number of allylic oxidation sites excluding steroid dienone is 1. The predicted molar refractivity (Wildman–Crippen MR) is 69.1 cm³/mol. The summed E-state index contributed by atoms with van der Waals surface area (Å²) < 4.78 is 0. The molecule has 1 unspecified atom stereocenters. The molecule has 0 heterocycles. The molecule has 0 saturated heterocycles. The van der Waals surface area contributed by atoms with E-state index in [9.17, 15) is 9.90 Å². The second-order valence-electron chi connectivity index (χ2n) is 3.98. The molecule has 0 radical (unpaired) electrons. The van der Waals surface area contributed by atoms with Gasteiger partial charge in [-0.1, -0.05) is 48.5 Å². The maximum atomic E-state index is 11.3. The Morgan fingerprint density at radius 1 is 1.24 bits per heavy atom. The lowest BCUT2D eigenvalue weighted by Crippen LogP contribution is -2.11.